The number of para-hydroxylation sites is 1. The van der Waals surface area contributed by atoms with Crippen molar-refractivity contribution in [3.63, 3.8) is 0 Å². The van der Waals surface area contributed by atoms with Crippen LogP contribution in [-0.4, -0.2) is 18.4 Å². The highest BCUT2D eigenvalue weighted by Crippen LogP contribution is 2.24. The van der Waals surface area contributed by atoms with Gasteiger partial charge in [-0.1, -0.05) is 24.3 Å². The average Bonchev–Trinajstić information content (AvgIpc) is 2.71. The Balaban J connectivity index is 1.54. The van der Waals surface area contributed by atoms with Crippen molar-refractivity contribution in [1.82, 2.24) is 0 Å². The second-order valence-corrected chi connectivity index (χ2v) is 6.50. The van der Waals surface area contributed by atoms with Crippen molar-refractivity contribution in [3.05, 3.63) is 78.4 Å². The molecule has 0 saturated heterocycles. The Hall–Kier alpha value is -3.80. The molecule has 2 amide bonds. The Morgan fingerprint density at radius 1 is 0.793 bits per heavy atom. The van der Waals surface area contributed by atoms with E-state index in [1.54, 1.807) is 24.3 Å². The third-order valence-corrected chi connectivity index (χ3v) is 4.20. The number of hydrogen-bond acceptors (Lipinski definition) is 4. The van der Waals surface area contributed by atoms with Gasteiger partial charge in [0.25, 0.3) is 0 Å². The average molecular weight is 389 g/mol. The molecule has 0 saturated carbocycles. The minimum absolute atomic E-state index is 0.104. The monoisotopic (exact) mass is 389 g/mol. The molecule has 0 aliphatic rings. The lowest BCUT2D eigenvalue weighted by Crippen LogP contribution is -2.22. The first-order valence-electron chi connectivity index (χ1n) is 9.25. The van der Waals surface area contributed by atoms with Gasteiger partial charge in [0.2, 0.25) is 11.8 Å². The summed E-state index contributed by atoms with van der Waals surface area (Å²) in [6, 6.07) is 22.2. The van der Waals surface area contributed by atoms with E-state index in [2.05, 4.69) is 16.0 Å². The van der Waals surface area contributed by atoms with Crippen LogP contribution in [0.4, 0.5) is 17.1 Å². The molecule has 3 rings (SSSR count). The molecule has 0 fully saturated rings. The number of carbonyl (C=O) groups is 2. The number of nitrogens with one attached hydrogen (secondary N) is 3. The number of benzene rings is 3. The number of ether oxygens (including phenoxy) is 1. The van der Waals surface area contributed by atoms with Crippen LogP contribution in [0, 0.1) is 6.92 Å². The van der Waals surface area contributed by atoms with Gasteiger partial charge >= 0.3 is 0 Å². The number of carbonyl (C=O) groups excluding carboxylic acids is 2. The summed E-state index contributed by atoms with van der Waals surface area (Å²) >= 11 is 0. The first kappa shape index (κ1) is 19.9. The molecule has 0 radical (unpaired) electrons. The van der Waals surface area contributed by atoms with Gasteiger partial charge in [-0.15, -0.1) is 0 Å². The largest absolute Gasteiger partial charge is 0.457 e. The summed E-state index contributed by atoms with van der Waals surface area (Å²) in [6.45, 7) is 3.45. The van der Waals surface area contributed by atoms with E-state index in [0.717, 1.165) is 22.7 Å². The summed E-state index contributed by atoms with van der Waals surface area (Å²) < 4.78 is 5.74. The van der Waals surface area contributed by atoms with Crippen molar-refractivity contribution in [3.8, 4) is 11.5 Å². The van der Waals surface area contributed by atoms with Crippen LogP contribution in [0.3, 0.4) is 0 Å². The fraction of sp³-hybridized carbons (Fsp3) is 0.130. The summed E-state index contributed by atoms with van der Waals surface area (Å²) in [5.74, 6) is 1.14. The van der Waals surface area contributed by atoms with Crippen molar-refractivity contribution < 1.29 is 14.3 Å². The number of hydrogen-bond donors (Lipinski definition) is 3. The fourth-order valence-corrected chi connectivity index (χ4v) is 2.76. The quantitative estimate of drug-likeness (QED) is 0.542. The Morgan fingerprint density at radius 2 is 1.45 bits per heavy atom. The number of rotatable bonds is 7. The summed E-state index contributed by atoms with van der Waals surface area (Å²) in [4.78, 5) is 23.5. The maximum atomic E-state index is 12.3. The Kier molecular flexibility index (Phi) is 6.47. The third kappa shape index (κ3) is 5.84. The van der Waals surface area contributed by atoms with Gasteiger partial charge in [-0.25, -0.2) is 0 Å². The molecule has 0 atom stereocenters. The molecule has 148 valence electrons. The summed E-state index contributed by atoms with van der Waals surface area (Å²) in [6.07, 6.45) is 0. The van der Waals surface area contributed by atoms with Crippen molar-refractivity contribution in [2.75, 3.05) is 22.5 Å². The molecule has 0 unspecified atom stereocenters. The zero-order valence-corrected chi connectivity index (χ0v) is 16.4. The van der Waals surface area contributed by atoms with Crippen LogP contribution in [0.5, 0.6) is 11.5 Å². The zero-order valence-electron chi connectivity index (χ0n) is 16.4. The van der Waals surface area contributed by atoms with E-state index in [9.17, 15) is 9.59 Å². The predicted molar refractivity (Wildman–Crippen MR) is 116 cm³/mol. The molecule has 0 bridgehead atoms. The van der Waals surface area contributed by atoms with Crippen molar-refractivity contribution in [2.45, 2.75) is 13.8 Å². The summed E-state index contributed by atoms with van der Waals surface area (Å²) in [7, 11) is 0. The minimum Gasteiger partial charge on any atom is -0.457 e. The van der Waals surface area contributed by atoms with E-state index in [-0.39, 0.29) is 18.4 Å². The molecule has 6 nitrogen and oxygen atoms in total. The SMILES string of the molecule is CC(=O)Nc1cccc(NCC(=O)Nc2ccc(Oc3ccccc3)cc2)c1C. The lowest BCUT2D eigenvalue weighted by atomic mass is 10.1. The standard InChI is InChI=1S/C23H23N3O3/c1-16-21(9-6-10-22(16)25-17(2)27)24-15-23(28)26-18-11-13-20(14-12-18)29-19-7-4-3-5-8-19/h3-14,24H,15H2,1-2H3,(H,25,27)(H,26,28). The fourth-order valence-electron chi connectivity index (χ4n) is 2.76. The van der Waals surface area contributed by atoms with Crippen LogP contribution in [-0.2, 0) is 9.59 Å². The van der Waals surface area contributed by atoms with E-state index >= 15 is 0 Å². The second-order valence-electron chi connectivity index (χ2n) is 6.50. The van der Waals surface area contributed by atoms with Gasteiger partial charge in [0.05, 0.1) is 6.54 Å². The van der Waals surface area contributed by atoms with Crippen LogP contribution in [0.15, 0.2) is 72.8 Å². The topological polar surface area (TPSA) is 79.5 Å². The van der Waals surface area contributed by atoms with Gasteiger partial charge in [-0.05, 0) is 61.0 Å². The maximum absolute atomic E-state index is 12.3. The number of anilines is 3. The second kappa shape index (κ2) is 9.41. The molecule has 3 N–H and O–H groups in total. The zero-order chi connectivity index (χ0) is 20.6. The highest BCUT2D eigenvalue weighted by molar-refractivity contribution is 5.94. The van der Waals surface area contributed by atoms with Gasteiger partial charge in [0.1, 0.15) is 11.5 Å². The van der Waals surface area contributed by atoms with E-state index in [1.165, 1.54) is 6.92 Å². The Bertz CT molecular complexity index is 986. The maximum Gasteiger partial charge on any atom is 0.243 e. The van der Waals surface area contributed by atoms with Crippen molar-refractivity contribution in [1.29, 1.82) is 0 Å². The van der Waals surface area contributed by atoms with Crippen molar-refractivity contribution >= 4 is 28.9 Å². The Labute approximate surface area is 169 Å². The summed E-state index contributed by atoms with van der Waals surface area (Å²) in [5.41, 5.74) is 3.06. The molecule has 0 heterocycles. The molecular formula is C23H23N3O3. The highest BCUT2D eigenvalue weighted by atomic mass is 16.5. The van der Waals surface area contributed by atoms with Crippen LogP contribution in [0.2, 0.25) is 0 Å². The molecule has 0 spiro atoms. The molecule has 0 aromatic heterocycles. The molecular weight excluding hydrogens is 366 g/mol. The normalized spacial score (nSPS) is 10.1. The summed E-state index contributed by atoms with van der Waals surface area (Å²) in [5, 5.41) is 8.72. The smallest absolute Gasteiger partial charge is 0.243 e. The third-order valence-electron chi connectivity index (χ3n) is 4.20. The van der Waals surface area contributed by atoms with E-state index in [4.69, 9.17) is 4.74 Å². The predicted octanol–water partition coefficient (Wildman–Crippen LogP) is 4.80. The molecule has 29 heavy (non-hydrogen) atoms. The van der Waals surface area contributed by atoms with Gasteiger partial charge in [-0.3, -0.25) is 9.59 Å². The van der Waals surface area contributed by atoms with Crippen LogP contribution in [0.25, 0.3) is 0 Å². The van der Waals surface area contributed by atoms with E-state index in [1.807, 2.05) is 55.5 Å². The first-order valence-corrected chi connectivity index (χ1v) is 9.25. The van der Waals surface area contributed by atoms with Crippen LogP contribution < -0.4 is 20.7 Å². The van der Waals surface area contributed by atoms with Crippen LogP contribution >= 0.6 is 0 Å². The molecule has 3 aromatic rings. The van der Waals surface area contributed by atoms with Crippen molar-refractivity contribution in [2.24, 2.45) is 0 Å². The first-order chi connectivity index (χ1) is 14.0. The Morgan fingerprint density at radius 3 is 2.14 bits per heavy atom. The van der Waals surface area contributed by atoms with Gasteiger partial charge in [-0.2, -0.15) is 0 Å². The molecule has 3 aromatic carbocycles. The van der Waals surface area contributed by atoms with E-state index < -0.39 is 0 Å². The lowest BCUT2D eigenvalue weighted by molar-refractivity contribution is -0.115. The van der Waals surface area contributed by atoms with Crippen LogP contribution in [0.1, 0.15) is 12.5 Å². The van der Waals surface area contributed by atoms with E-state index in [0.29, 0.717) is 11.4 Å². The molecule has 0 aliphatic heterocycles. The highest BCUT2D eigenvalue weighted by Gasteiger charge is 2.08. The molecule has 6 heteroatoms. The number of amides is 2. The minimum atomic E-state index is -0.175. The van der Waals surface area contributed by atoms with Gasteiger partial charge < -0.3 is 20.7 Å². The van der Waals surface area contributed by atoms with Gasteiger partial charge in [0, 0.05) is 24.0 Å². The lowest BCUT2D eigenvalue weighted by Gasteiger charge is -2.13. The molecule has 0 aliphatic carbocycles. The van der Waals surface area contributed by atoms with Gasteiger partial charge in [0.15, 0.2) is 0 Å².